The van der Waals surface area contributed by atoms with Gasteiger partial charge in [-0.05, 0) is 42.9 Å². The molecule has 0 aliphatic heterocycles. The van der Waals surface area contributed by atoms with Gasteiger partial charge in [0.1, 0.15) is 6.29 Å². The van der Waals surface area contributed by atoms with Crippen LogP contribution in [0.1, 0.15) is 47.0 Å². The molecule has 0 unspecified atom stereocenters. The first kappa shape index (κ1) is 13.9. The van der Waals surface area contributed by atoms with Crippen molar-refractivity contribution in [2.45, 2.75) is 47.0 Å². The average Bonchev–Trinajstić information content (AvgIpc) is 2.51. The zero-order chi connectivity index (χ0) is 13.1. The van der Waals surface area contributed by atoms with Crippen molar-refractivity contribution in [2.75, 3.05) is 0 Å². The number of carbonyl (C=O) groups excluding carboxylic acids is 2. The van der Waals surface area contributed by atoms with Crippen LogP contribution in [0.25, 0.3) is 0 Å². The van der Waals surface area contributed by atoms with Crippen molar-refractivity contribution in [3.8, 4) is 0 Å². The molecule has 0 N–H and O–H groups in total. The van der Waals surface area contributed by atoms with Crippen LogP contribution in [0.15, 0.2) is 23.8 Å². The second kappa shape index (κ2) is 4.99. The van der Waals surface area contributed by atoms with Crippen LogP contribution in [0.3, 0.4) is 0 Å². The van der Waals surface area contributed by atoms with Gasteiger partial charge in [-0.15, -0.1) is 0 Å². The van der Waals surface area contributed by atoms with Gasteiger partial charge in [0.25, 0.3) is 0 Å². The highest BCUT2D eigenvalue weighted by atomic mass is 16.1. The maximum absolute atomic E-state index is 12.3. The van der Waals surface area contributed by atoms with E-state index in [1.807, 2.05) is 6.92 Å². The van der Waals surface area contributed by atoms with E-state index in [1.165, 1.54) is 6.08 Å². The summed E-state index contributed by atoms with van der Waals surface area (Å²) in [6, 6.07) is 0. The summed E-state index contributed by atoms with van der Waals surface area (Å²) in [6.45, 7) is 8.21. The molecule has 1 fully saturated rings. The summed E-state index contributed by atoms with van der Waals surface area (Å²) < 4.78 is 0. The van der Waals surface area contributed by atoms with Gasteiger partial charge in [-0.1, -0.05) is 33.3 Å². The third-order valence-electron chi connectivity index (χ3n) is 4.34. The minimum Gasteiger partial charge on any atom is -0.299 e. The number of allylic oxidation sites excluding steroid dienone is 4. The van der Waals surface area contributed by atoms with Crippen molar-refractivity contribution >= 4 is 12.1 Å². The van der Waals surface area contributed by atoms with Gasteiger partial charge >= 0.3 is 0 Å². The Kier molecular flexibility index (Phi) is 4.07. The predicted octanol–water partition coefficient (Wildman–Crippen LogP) is 3.47. The van der Waals surface area contributed by atoms with E-state index >= 15 is 0 Å². The van der Waals surface area contributed by atoms with Crippen molar-refractivity contribution < 1.29 is 9.59 Å². The number of aldehydes is 1. The van der Waals surface area contributed by atoms with Crippen molar-refractivity contribution in [3.63, 3.8) is 0 Å². The van der Waals surface area contributed by atoms with Crippen molar-refractivity contribution in [3.05, 3.63) is 23.8 Å². The first-order valence-electron chi connectivity index (χ1n) is 6.18. The van der Waals surface area contributed by atoms with Crippen LogP contribution in [0.4, 0.5) is 0 Å². The van der Waals surface area contributed by atoms with Crippen LogP contribution in [-0.2, 0) is 9.59 Å². The van der Waals surface area contributed by atoms with E-state index in [1.54, 1.807) is 12.2 Å². The number of ketones is 1. The molecule has 17 heavy (non-hydrogen) atoms. The highest BCUT2D eigenvalue weighted by Crippen LogP contribution is 2.53. The highest BCUT2D eigenvalue weighted by Gasteiger charge is 2.48. The maximum atomic E-state index is 12.3. The van der Waals surface area contributed by atoms with Gasteiger partial charge in [-0.2, -0.15) is 0 Å². The predicted molar refractivity (Wildman–Crippen MR) is 69.7 cm³/mol. The lowest BCUT2D eigenvalue weighted by atomic mass is 9.66. The van der Waals surface area contributed by atoms with Gasteiger partial charge in [0, 0.05) is 5.41 Å². The molecular weight excluding hydrogens is 212 g/mol. The molecule has 0 heterocycles. The topological polar surface area (TPSA) is 34.1 Å². The van der Waals surface area contributed by atoms with Gasteiger partial charge in [0.2, 0.25) is 0 Å². The quantitative estimate of drug-likeness (QED) is 0.424. The lowest BCUT2D eigenvalue weighted by molar-refractivity contribution is -0.127. The molecule has 0 bridgehead atoms. The van der Waals surface area contributed by atoms with Gasteiger partial charge in [-0.25, -0.2) is 0 Å². The van der Waals surface area contributed by atoms with Crippen molar-refractivity contribution in [1.29, 1.82) is 0 Å². The molecule has 0 aromatic carbocycles. The summed E-state index contributed by atoms with van der Waals surface area (Å²) in [5.74, 6) is 0.179. The Morgan fingerprint density at radius 3 is 2.24 bits per heavy atom. The Labute approximate surface area is 104 Å². The van der Waals surface area contributed by atoms with Gasteiger partial charge in [0.15, 0.2) is 5.78 Å². The summed E-state index contributed by atoms with van der Waals surface area (Å²) in [5.41, 5.74) is 0.620. The van der Waals surface area contributed by atoms with Crippen LogP contribution in [0.2, 0.25) is 0 Å². The lowest BCUT2D eigenvalue weighted by Gasteiger charge is -2.36. The number of rotatable bonds is 4. The van der Waals surface area contributed by atoms with E-state index < -0.39 is 0 Å². The molecule has 1 aliphatic carbocycles. The van der Waals surface area contributed by atoms with E-state index in [2.05, 4.69) is 20.8 Å². The normalized spacial score (nSPS) is 28.6. The summed E-state index contributed by atoms with van der Waals surface area (Å²) in [4.78, 5) is 22.6. The number of hydrogen-bond acceptors (Lipinski definition) is 2. The molecule has 0 amide bonds. The minimum absolute atomic E-state index is 0.0662. The number of hydrogen-bond donors (Lipinski definition) is 0. The van der Waals surface area contributed by atoms with Crippen molar-refractivity contribution in [2.24, 2.45) is 10.8 Å². The van der Waals surface area contributed by atoms with E-state index in [0.717, 1.165) is 31.1 Å². The Morgan fingerprint density at radius 1 is 1.12 bits per heavy atom. The van der Waals surface area contributed by atoms with Crippen LogP contribution in [-0.4, -0.2) is 12.1 Å². The minimum atomic E-state index is -0.259. The fourth-order valence-electron chi connectivity index (χ4n) is 2.51. The molecule has 1 saturated carbocycles. The van der Waals surface area contributed by atoms with E-state index in [4.69, 9.17) is 0 Å². The van der Waals surface area contributed by atoms with Crippen molar-refractivity contribution in [1.82, 2.24) is 0 Å². The molecule has 2 heteroatoms. The van der Waals surface area contributed by atoms with Gasteiger partial charge in [0.05, 0.1) is 0 Å². The third kappa shape index (κ3) is 2.74. The highest BCUT2D eigenvalue weighted by molar-refractivity contribution is 5.95. The van der Waals surface area contributed by atoms with E-state index in [-0.39, 0.29) is 16.6 Å². The van der Waals surface area contributed by atoms with Gasteiger partial charge < -0.3 is 0 Å². The largest absolute Gasteiger partial charge is 0.299 e. The fourth-order valence-corrected chi connectivity index (χ4v) is 2.51. The summed E-state index contributed by atoms with van der Waals surface area (Å²) in [6.07, 6.45) is 8.74. The second-order valence-electron chi connectivity index (χ2n) is 5.81. The van der Waals surface area contributed by atoms with Gasteiger partial charge in [-0.3, -0.25) is 9.59 Å². The third-order valence-corrected chi connectivity index (χ3v) is 4.34. The van der Waals surface area contributed by atoms with Crippen LogP contribution >= 0.6 is 0 Å². The Bertz CT molecular complexity index is 374. The smallest absolute Gasteiger partial charge is 0.162 e. The Morgan fingerprint density at radius 2 is 1.76 bits per heavy atom. The summed E-state index contributed by atoms with van der Waals surface area (Å²) >= 11 is 0. The van der Waals surface area contributed by atoms with Crippen LogP contribution < -0.4 is 0 Å². The SMILES string of the molecule is CC(=C/C=O)/C=C/C(=O)[C@]1(C)CCCC1(C)C. The first-order chi connectivity index (χ1) is 7.83. The molecule has 0 saturated heterocycles. The van der Waals surface area contributed by atoms with Crippen LogP contribution in [0, 0.1) is 10.8 Å². The molecule has 1 aliphatic rings. The first-order valence-corrected chi connectivity index (χ1v) is 6.18. The summed E-state index contributed by atoms with van der Waals surface area (Å²) in [5, 5.41) is 0. The van der Waals surface area contributed by atoms with Crippen LogP contribution in [0.5, 0.6) is 0 Å². The fraction of sp³-hybridized carbons (Fsp3) is 0.600. The van der Waals surface area contributed by atoms with E-state index in [9.17, 15) is 9.59 Å². The molecule has 0 aromatic rings. The Balaban J connectivity index is 2.84. The maximum Gasteiger partial charge on any atom is 0.162 e. The zero-order valence-corrected chi connectivity index (χ0v) is 11.2. The molecule has 94 valence electrons. The molecule has 2 nitrogen and oxygen atoms in total. The summed E-state index contributed by atoms with van der Waals surface area (Å²) in [7, 11) is 0. The monoisotopic (exact) mass is 234 g/mol. The molecule has 0 aromatic heterocycles. The molecule has 1 rings (SSSR count). The molecule has 0 radical (unpaired) electrons. The molecule has 0 spiro atoms. The molecule has 1 atom stereocenters. The second-order valence-corrected chi connectivity index (χ2v) is 5.81. The van der Waals surface area contributed by atoms with E-state index in [0.29, 0.717) is 0 Å². The standard InChI is InChI=1S/C15H22O2/c1-12(8-11-16)6-7-13(17)15(4)10-5-9-14(15,2)3/h6-8,11H,5,9-10H2,1-4H3/b7-6+,12-8-/t15-/m0/s1. The zero-order valence-electron chi connectivity index (χ0n) is 11.2. The Hall–Kier alpha value is -1.18. The number of carbonyl (C=O) groups is 2. The lowest BCUT2D eigenvalue weighted by Crippen LogP contribution is -2.36. The average molecular weight is 234 g/mol. The molecular formula is C15H22O2.